The molecule has 0 fully saturated rings. The number of aliphatic hydroxyl groups is 1. The van der Waals surface area contributed by atoms with Crippen LogP contribution in [-0.4, -0.2) is 35.6 Å². The van der Waals surface area contributed by atoms with Gasteiger partial charge in [0.1, 0.15) is 0 Å². The first kappa shape index (κ1) is 17.2. The number of carbonyl (C=O) groups is 1. The highest BCUT2D eigenvalue weighted by atomic mass is 16.5. The molecule has 116 valence electrons. The van der Waals surface area contributed by atoms with Crippen LogP contribution in [0.3, 0.4) is 0 Å². The van der Waals surface area contributed by atoms with Crippen molar-refractivity contribution >= 4 is 6.09 Å². The van der Waals surface area contributed by atoms with Gasteiger partial charge in [-0.2, -0.15) is 0 Å². The van der Waals surface area contributed by atoms with Crippen molar-refractivity contribution in [2.45, 2.75) is 26.5 Å². The minimum absolute atomic E-state index is 0.0823. The molecule has 0 aromatic heterocycles. The molecule has 0 heterocycles. The molecule has 0 saturated heterocycles. The third-order valence-electron chi connectivity index (χ3n) is 3.26. The standard InChI is InChI=1S/C16H23NO4/c1-12(15(13(2)10-18)17-16(19)20)8-9-21-11-14-6-4-3-5-7-14/h3-8,13,15,17-18H,9-11H2,1-2H3,(H,19,20)/b12-8+/t13-,15+/m0/s1. The first-order valence-corrected chi connectivity index (χ1v) is 6.93. The summed E-state index contributed by atoms with van der Waals surface area (Å²) in [6.45, 7) is 4.45. The Morgan fingerprint density at radius 3 is 2.62 bits per heavy atom. The summed E-state index contributed by atoms with van der Waals surface area (Å²) in [5, 5.41) is 20.5. The fraction of sp³-hybridized carbons (Fsp3) is 0.438. The predicted octanol–water partition coefficient (Wildman–Crippen LogP) is 2.41. The molecule has 0 spiro atoms. The van der Waals surface area contributed by atoms with Crippen LogP contribution >= 0.6 is 0 Å². The molecule has 21 heavy (non-hydrogen) atoms. The van der Waals surface area contributed by atoms with Crippen LogP contribution < -0.4 is 5.32 Å². The number of ether oxygens (including phenoxy) is 1. The Kier molecular flexibility index (Phi) is 7.50. The minimum atomic E-state index is -1.10. The number of nitrogens with one attached hydrogen (secondary N) is 1. The summed E-state index contributed by atoms with van der Waals surface area (Å²) >= 11 is 0. The van der Waals surface area contributed by atoms with Crippen molar-refractivity contribution in [2.75, 3.05) is 13.2 Å². The summed E-state index contributed by atoms with van der Waals surface area (Å²) in [4.78, 5) is 10.8. The highest BCUT2D eigenvalue weighted by Crippen LogP contribution is 2.12. The second kappa shape index (κ2) is 9.15. The lowest BCUT2D eigenvalue weighted by atomic mass is 9.96. The maximum Gasteiger partial charge on any atom is 0.405 e. The van der Waals surface area contributed by atoms with Gasteiger partial charge in [-0.1, -0.05) is 48.9 Å². The van der Waals surface area contributed by atoms with Crippen molar-refractivity contribution < 1.29 is 19.7 Å². The lowest BCUT2D eigenvalue weighted by molar-refractivity contribution is 0.147. The van der Waals surface area contributed by atoms with Gasteiger partial charge in [0, 0.05) is 12.5 Å². The predicted molar refractivity (Wildman–Crippen MR) is 81.1 cm³/mol. The van der Waals surface area contributed by atoms with E-state index < -0.39 is 12.1 Å². The molecule has 0 aliphatic heterocycles. The molecule has 0 aliphatic rings. The number of rotatable bonds is 8. The summed E-state index contributed by atoms with van der Waals surface area (Å²) in [6.07, 6.45) is 0.744. The molecule has 1 aromatic carbocycles. The summed E-state index contributed by atoms with van der Waals surface area (Å²) < 4.78 is 5.54. The molecule has 0 aliphatic carbocycles. The van der Waals surface area contributed by atoms with Gasteiger partial charge in [-0.25, -0.2) is 4.79 Å². The van der Waals surface area contributed by atoms with E-state index >= 15 is 0 Å². The maximum atomic E-state index is 10.8. The van der Waals surface area contributed by atoms with Crippen LogP contribution in [0.15, 0.2) is 42.0 Å². The van der Waals surface area contributed by atoms with Gasteiger partial charge < -0.3 is 20.3 Å². The van der Waals surface area contributed by atoms with E-state index in [4.69, 9.17) is 9.84 Å². The van der Waals surface area contributed by atoms with Crippen molar-refractivity contribution in [2.24, 2.45) is 5.92 Å². The molecular formula is C16H23NO4. The monoisotopic (exact) mass is 293 g/mol. The van der Waals surface area contributed by atoms with Crippen molar-refractivity contribution in [3.8, 4) is 0 Å². The van der Waals surface area contributed by atoms with E-state index in [-0.39, 0.29) is 12.5 Å². The van der Waals surface area contributed by atoms with Gasteiger partial charge in [0.15, 0.2) is 0 Å². The summed E-state index contributed by atoms with van der Waals surface area (Å²) in [5.74, 6) is -0.188. The van der Waals surface area contributed by atoms with Crippen LogP contribution in [0.25, 0.3) is 0 Å². The molecule has 5 heteroatoms. The zero-order valence-corrected chi connectivity index (χ0v) is 12.5. The van der Waals surface area contributed by atoms with Crippen LogP contribution in [0.5, 0.6) is 0 Å². The normalized spacial score (nSPS) is 14.5. The molecule has 0 radical (unpaired) electrons. The quantitative estimate of drug-likeness (QED) is 0.508. The Bertz CT molecular complexity index is 459. The molecule has 0 bridgehead atoms. The maximum absolute atomic E-state index is 10.8. The van der Waals surface area contributed by atoms with E-state index in [1.54, 1.807) is 6.92 Å². The summed E-state index contributed by atoms with van der Waals surface area (Å²) in [6, 6.07) is 9.42. The van der Waals surface area contributed by atoms with Crippen LogP contribution in [-0.2, 0) is 11.3 Å². The second-order valence-electron chi connectivity index (χ2n) is 5.04. The number of carboxylic acid groups (broad SMARTS) is 1. The molecule has 0 saturated carbocycles. The first-order valence-electron chi connectivity index (χ1n) is 6.93. The Balaban J connectivity index is 2.50. The molecule has 3 N–H and O–H groups in total. The molecule has 5 nitrogen and oxygen atoms in total. The third-order valence-corrected chi connectivity index (χ3v) is 3.26. The van der Waals surface area contributed by atoms with Gasteiger partial charge in [-0.05, 0) is 12.5 Å². The Hall–Kier alpha value is -1.85. The highest BCUT2D eigenvalue weighted by molar-refractivity contribution is 5.65. The Morgan fingerprint density at radius 2 is 2.05 bits per heavy atom. The van der Waals surface area contributed by atoms with Crippen molar-refractivity contribution in [3.63, 3.8) is 0 Å². The number of hydrogen-bond acceptors (Lipinski definition) is 3. The van der Waals surface area contributed by atoms with Gasteiger partial charge in [0.05, 0.1) is 19.3 Å². The Labute approximate surface area is 125 Å². The SMILES string of the molecule is C/C(=C\COCc1ccccc1)[C@@H](NC(=O)O)[C@@H](C)CO. The molecule has 1 rings (SSSR count). The van der Waals surface area contributed by atoms with Gasteiger partial charge in [-0.15, -0.1) is 0 Å². The largest absolute Gasteiger partial charge is 0.465 e. The van der Waals surface area contributed by atoms with Crippen molar-refractivity contribution in [3.05, 3.63) is 47.5 Å². The molecule has 1 aromatic rings. The van der Waals surface area contributed by atoms with E-state index in [2.05, 4.69) is 5.32 Å². The second-order valence-corrected chi connectivity index (χ2v) is 5.04. The van der Waals surface area contributed by atoms with E-state index in [9.17, 15) is 9.90 Å². The average molecular weight is 293 g/mol. The zero-order valence-electron chi connectivity index (χ0n) is 12.5. The van der Waals surface area contributed by atoms with Gasteiger partial charge in [-0.3, -0.25) is 0 Å². The van der Waals surface area contributed by atoms with E-state index in [0.717, 1.165) is 11.1 Å². The number of amides is 1. The fourth-order valence-corrected chi connectivity index (χ4v) is 2.01. The lowest BCUT2D eigenvalue weighted by Crippen LogP contribution is -2.40. The van der Waals surface area contributed by atoms with Gasteiger partial charge >= 0.3 is 6.09 Å². The smallest absolute Gasteiger partial charge is 0.405 e. The van der Waals surface area contributed by atoms with E-state index in [1.165, 1.54) is 0 Å². The molecule has 2 atom stereocenters. The van der Waals surface area contributed by atoms with Crippen LogP contribution in [0.1, 0.15) is 19.4 Å². The van der Waals surface area contributed by atoms with Crippen LogP contribution in [0.2, 0.25) is 0 Å². The van der Waals surface area contributed by atoms with Crippen LogP contribution in [0, 0.1) is 5.92 Å². The molecule has 0 unspecified atom stereocenters. The third kappa shape index (κ3) is 6.42. The van der Waals surface area contributed by atoms with Gasteiger partial charge in [0.25, 0.3) is 0 Å². The Morgan fingerprint density at radius 1 is 1.38 bits per heavy atom. The molecule has 1 amide bonds. The van der Waals surface area contributed by atoms with Crippen molar-refractivity contribution in [1.82, 2.24) is 5.32 Å². The first-order chi connectivity index (χ1) is 10.0. The average Bonchev–Trinajstić information content (AvgIpc) is 2.49. The topological polar surface area (TPSA) is 78.8 Å². The fourth-order valence-electron chi connectivity index (χ4n) is 2.01. The molecular weight excluding hydrogens is 270 g/mol. The highest BCUT2D eigenvalue weighted by Gasteiger charge is 2.20. The summed E-state index contributed by atoms with van der Waals surface area (Å²) in [7, 11) is 0. The van der Waals surface area contributed by atoms with Crippen LogP contribution in [0.4, 0.5) is 4.79 Å². The number of aliphatic hydroxyl groups excluding tert-OH is 1. The minimum Gasteiger partial charge on any atom is -0.465 e. The van der Waals surface area contributed by atoms with Crippen molar-refractivity contribution in [1.29, 1.82) is 0 Å². The van der Waals surface area contributed by atoms with E-state index in [1.807, 2.05) is 43.3 Å². The summed E-state index contributed by atoms with van der Waals surface area (Å²) in [5.41, 5.74) is 1.93. The number of hydrogen-bond donors (Lipinski definition) is 3. The van der Waals surface area contributed by atoms with E-state index in [0.29, 0.717) is 13.2 Å². The lowest BCUT2D eigenvalue weighted by Gasteiger charge is -2.23. The van der Waals surface area contributed by atoms with Gasteiger partial charge in [0.2, 0.25) is 0 Å². The number of benzene rings is 1. The zero-order chi connectivity index (χ0) is 15.7.